The van der Waals surface area contributed by atoms with Crippen LogP contribution in [0.5, 0.6) is 0 Å². The van der Waals surface area contributed by atoms with Gasteiger partial charge in [-0.3, -0.25) is 4.79 Å². The van der Waals surface area contributed by atoms with Crippen molar-refractivity contribution in [3.63, 3.8) is 0 Å². The normalized spacial score (nSPS) is 29.1. The zero-order valence-electron chi connectivity index (χ0n) is 10.8. The number of hydrogen-bond donors (Lipinski definition) is 2. The maximum absolute atomic E-state index is 12.2. The van der Waals surface area contributed by atoms with Gasteiger partial charge in [-0.25, -0.2) is 0 Å². The summed E-state index contributed by atoms with van der Waals surface area (Å²) in [5.41, 5.74) is 2.44. The van der Waals surface area contributed by atoms with Crippen LogP contribution in [0.1, 0.15) is 25.3 Å². The molecular formula is C15H20N2O. The Balaban J connectivity index is 1.60. The first-order chi connectivity index (χ1) is 8.78. The summed E-state index contributed by atoms with van der Waals surface area (Å²) >= 11 is 0. The second-order valence-corrected chi connectivity index (χ2v) is 5.46. The van der Waals surface area contributed by atoms with Crippen LogP contribution in [0, 0.1) is 11.8 Å². The molecule has 0 aromatic heterocycles. The van der Waals surface area contributed by atoms with Gasteiger partial charge in [0.2, 0.25) is 5.91 Å². The Kier molecular flexibility index (Phi) is 2.98. The van der Waals surface area contributed by atoms with Gasteiger partial charge < -0.3 is 10.6 Å². The lowest BCUT2D eigenvalue weighted by molar-refractivity contribution is -0.124. The van der Waals surface area contributed by atoms with Gasteiger partial charge in [0.15, 0.2) is 0 Å². The van der Waals surface area contributed by atoms with Crippen molar-refractivity contribution in [1.29, 1.82) is 0 Å². The second-order valence-electron chi connectivity index (χ2n) is 5.46. The average Bonchev–Trinajstić information content (AvgIpc) is 3.16. The zero-order valence-corrected chi connectivity index (χ0v) is 10.8. The van der Waals surface area contributed by atoms with Gasteiger partial charge in [-0.15, -0.1) is 0 Å². The first kappa shape index (κ1) is 11.6. The fourth-order valence-corrected chi connectivity index (χ4v) is 2.80. The Morgan fingerprint density at radius 3 is 3.06 bits per heavy atom. The third-order valence-electron chi connectivity index (χ3n) is 4.17. The monoisotopic (exact) mass is 244 g/mol. The molecule has 1 aromatic rings. The van der Waals surface area contributed by atoms with Crippen molar-refractivity contribution in [2.75, 3.05) is 11.9 Å². The molecule has 3 nitrogen and oxygen atoms in total. The fraction of sp³-hybridized carbons (Fsp3) is 0.533. The summed E-state index contributed by atoms with van der Waals surface area (Å²) in [5.74, 6) is 1.02. The molecule has 1 aliphatic carbocycles. The van der Waals surface area contributed by atoms with E-state index in [4.69, 9.17) is 0 Å². The van der Waals surface area contributed by atoms with Crippen LogP contribution in [0.25, 0.3) is 0 Å². The quantitative estimate of drug-likeness (QED) is 0.855. The largest absolute Gasteiger partial charge is 0.384 e. The molecule has 1 saturated carbocycles. The minimum absolute atomic E-state index is 0.0815. The summed E-state index contributed by atoms with van der Waals surface area (Å²) < 4.78 is 0. The molecule has 0 spiro atoms. The van der Waals surface area contributed by atoms with E-state index in [1.807, 2.05) is 12.1 Å². The smallest absolute Gasteiger partial charge is 0.225 e. The summed E-state index contributed by atoms with van der Waals surface area (Å²) in [6.07, 6.45) is 3.20. The van der Waals surface area contributed by atoms with Crippen molar-refractivity contribution >= 4 is 11.6 Å². The van der Waals surface area contributed by atoms with Crippen LogP contribution >= 0.6 is 0 Å². The molecule has 1 fully saturated rings. The number of benzene rings is 1. The van der Waals surface area contributed by atoms with Crippen LogP contribution in [-0.2, 0) is 11.2 Å². The maximum atomic E-state index is 12.2. The molecule has 1 aliphatic heterocycles. The van der Waals surface area contributed by atoms with Crippen molar-refractivity contribution in [1.82, 2.24) is 5.32 Å². The maximum Gasteiger partial charge on any atom is 0.225 e. The number of carbonyl (C=O) groups excluding carboxylic acids is 1. The molecule has 3 atom stereocenters. The first-order valence-electron chi connectivity index (χ1n) is 6.90. The van der Waals surface area contributed by atoms with Crippen LogP contribution in [0.3, 0.4) is 0 Å². The molecular weight excluding hydrogens is 224 g/mol. The summed E-state index contributed by atoms with van der Waals surface area (Å²) in [6.45, 7) is 2.95. The van der Waals surface area contributed by atoms with Crippen molar-refractivity contribution in [2.24, 2.45) is 11.8 Å². The van der Waals surface area contributed by atoms with E-state index in [-0.39, 0.29) is 11.8 Å². The third kappa shape index (κ3) is 2.22. The van der Waals surface area contributed by atoms with Crippen molar-refractivity contribution in [3.05, 3.63) is 29.8 Å². The van der Waals surface area contributed by atoms with Gasteiger partial charge in [0.05, 0.1) is 5.92 Å². The molecule has 3 unspecified atom stereocenters. The molecule has 0 radical (unpaired) electrons. The summed E-state index contributed by atoms with van der Waals surface area (Å²) in [5, 5.41) is 6.53. The van der Waals surface area contributed by atoms with Crippen LogP contribution in [-0.4, -0.2) is 18.5 Å². The molecule has 1 amide bonds. The zero-order chi connectivity index (χ0) is 12.5. The standard InChI is InChI=1S/C15H20N2O/c1-2-10-8-14(10)17-15(18)12-7-11-5-3-4-6-13(11)16-9-12/h3-6,10,12,14,16H,2,7-9H2,1H3,(H,17,18). The molecule has 0 bridgehead atoms. The van der Waals surface area contributed by atoms with Crippen molar-refractivity contribution in [3.8, 4) is 0 Å². The lowest BCUT2D eigenvalue weighted by atomic mass is 9.93. The average molecular weight is 244 g/mol. The lowest BCUT2D eigenvalue weighted by Crippen LogP contribution is -2.39. The van der Waals surface area contributed by atoms with E-state index in [1.165, 1.54) is 24.1 Å². The van der Waals surface area contributed by atoms with E-state index < -0.39 is 0 Å². The molecule has 1 aromatic carbocycles. The minimum Gasteiger partial charge on any atom is -0.384 e. The van der Waals surface area contributed by atoms with Gasteiger partial charge in [-0.05, 0) is 30.4 Å². The Morgan fingerprint density at radius 1 is 1.44 bits per heavy atom. The summed E-state index contributed by atoms with van der Waals surface area (Å²) in [4.78, 5) is 12.2. The number of para-hydroxylation sites is 1. The number of hydrogen-bond acceptors (Lipinski definition) is 2. The fourth-order valence-electron chi connectivity index (χ4n) is 2.80. The number of rotatable bonds is 3. The van der Waals surface area contributed by atoms with Crippen LogP contribution in [0.15, 0.2) is 24.3 Å². The number of amides is 1. The number of anilines is 1. The molecule has 0 saturated heterocycles. The van der Waals surface area contributed by atoms with Crippen LogP contribution in [0.4, 0.5) is 5.69 Å². The highest BCUT2D eigenvalue weighted by Crippen LogP contribution is 2.33. The molecule has 1 heterocycles. The third-order valence-corrected chi connectivity index (χ3v) is 4.17. The number of nitrogens with one attached hydrogen (secondary N) is 2. The molecule has 3 heteroatoms. The van der Waals surface area contributed by atoms with E-state index in [2.05, 4.69) is 29.7 Å². The van der Waals surface area contributed by atoms with Crippen LogP contribution < -0.4 is 10.6 Å². The number of carbonyl (C=O) groups is 1. The van der Waals surface area contributed by atoms with E-state index in [9.17, 15) is 4.79 Å². The molecule has 2 aliphatic rings. The van der Waals surface area contributed by atoms with Crippen LogP contribution in [0.2, 0.25) is 0 Å². The van der Waals surface area contributed by atoms with Gasteiger partial charge in [-0.2, -0.15) is 0 Å². The van der Waals surface area contributed by atoms with E-state index in [0.717, 1.165) is 18.9 Å². The van der Waals surface area contributed by atoms with Crippen molar-refractivity contribution < 1.29 is 4.79 Å². The van der Waals surface area contributed by atoms with E-state index in [1.54, 1.807) is 0 Å². The van der Waals surface area contributed by atoms with Gasteiger partial charge >= 0.3 is 0 Å². The molecule has 96 valence electrons. The van der Waals surface area contributed by atoms with Gasteiger partial charge in [0.1, 0.15) is 0 Å². The highest BCUT2D eigenvalue weighted by atomic mass is 16.2. The molecule has 3 rings (SSSR count). The first-order valence-corrected chi connectivity index (χ1v) is 6.90. The molecule has 18 heavy (non-hydrogen) atoms. The summed E-state index contributed by atoms with van der Waals surface area (Å²) in [7, 11) is 0. The van der Waals surface area contributed by atoms with E-state index >= 15 is 0 Å². The highest BCUT2D eigenvalue weighted by Gasteiger charge is 2.38. The minimum atomic E-state index is 0.0815. The topological polar surface area (TPSA) is 41.1 Å². The van der Waals surface area contributed by atoms with Gasteiger partial charge in [-0.1, -0.05) is 31.5 Å². The SMILES string of the molecule is CCC1CC1NC(=O)C1CNc2ccccc2C1. The lowest BCUT2D eigenvalue weighted by Gasteiger charge is -2.25. The number of fused-ring (bicyclic) bond motifs is 1. The Hall–Kier alpha value is -1.51. The molecule has 2 N–H and O–H groups in total. The summed E-state index contributed by atoms with van der Waals surface area (Å²) in [6, 6.07) is 8.70. The van der Waals surface area contributed by atoms with Crippen molar-refractivity contribution in [2.45, 2.75) is 32.2 Å². The van der Waals surface area contributed by atoms with Gasteiger partial charge in [0, 0.05) is 18.3 Å². The highest BCUT2D eigenvalue weighted by molar-refractivity contribution is 5.81. The Morgan fingerprint density at radius 2 is 2.28 bits per heavy atom. The van der Waals surface area contributed by atoms with Gasteiger partial charge in [0.25, 0.3) is 0 Å². The second kappa shape index (κ2) is 4.63. The predicted molar refractivity (Wildman–Crippen MR) is 72.5 cm³/mol. The predicted octanol–water partition coefficient (Wildman–Crippen LogP) is 2.19. The van der Waals surface area contributed by atoms with E-state index in [0.29, 0.717) is 6.04 Å². The Labute approximate surface area is 108 Å². The Bertz CT molecular complexity index is 458.